The number of aliphatic carboxylic acids is 1. The van der Waals surface area contributed by atoms with Crippen LogP contribution >= 0.6 is 0 Å². The van der Waals surface area contributed by atoms with Crippen LogP contribution in [0.3, 0.4) is 0 Å². The van der Waals surface area contributed by atoms with E-state index in [-0.39, 0.29) is 12.1 Å². The minimum absolute atomic E-state index is 0.0490. The largest absolute Gasteiger partial charge is 0.480 e. The summed E-state index contributed by atoms with van der Waals surface area (Å²) in [5.41, 5.74) is -1.38. The van der Waals surface area contributed by atoms with Crippen molar-refractivity contribution in [3.05, 3.63) is 41.3 Å². The van der Waals surface area contributed by atoms with Crippen molar-refractivity contribution in [1.82, 2.24) is 4.57 Å². The van der Waals surface area contributed by atoms with Gasteiger partial charge in [0.15, 0.2) is 0 Å². The molecule has 1 aromatic rings. The molecule has 0 aliphatic rings. The number of carboxylic acid groups (broad SMARTS) is 1. The summed E-state index contributed by atoms with van der Waals surface area (Å²) in [6.07, 6.45) is 2.08. The number of carbonyl (C=O) groups is 2. The molecular weight excluding hydrogens is 288 g/mol. The summed E-state index contributed by atoms with van der Waals surface area (Å²) >= 11 is 0. The molecule has 0 aliphatic heterocycles. The lowest BCUT2D eigenvalue weighted by molar-refractivity contribution is -0.140. The third kappa shape index (κ3) is 4.76. The van der Waals surface area contributed by atoms with Crippen LogP contribution in [0.4, 0.5) is 10.5 Å². The molecule has 0 aromatic carbocycles. The van der Waals surface area contributed by atoms with Crippen LogP contribution in [0.15, 0.2) is 35.8 Å². The van der Waals surface area contributed by atoms with Crippen LogP contribution < -0.4 is 10.9 Å². The van der Waals surface area contributed by atoms with Crippen LogP contribution in [0.5, 0.6) is 0 Å². The minimum atomic E-state index is -1.16. The van der Waals surface area contributed by atoms with E-state index < -0.39 is 29.3 Å². The van der Waals surface area contributed by atoms with Gasteiger partial charge in [-0.3, -0.25) is 14.7 Å². The summed E-state index contributed by atoms with van der Waals surface area (Å²) < 4.78 is 6.10. The molecule has 0 bridgehead atoms. The van der Waals surface area contributed by atoms with E-state index in [1.807, 2.05) is 0 Å². The number of nitrogens with zero attached hydrogens (tertiary/aromatic N) is 1. The molecule has 0 aliphatic carbocycles. The Morgan fingerprint density at radius 1 is 1.50 bits per heavy atom. The second-order valence-corrected chi connectivity index (χ2v) is 5.64. The van der Waals surface area contributed by atoms with Gasteiger partial charge in [0, 0.05) is 6.20 Å². The SMILES string of the molecule is C=CC[C@@H](C(=O)O)n1cccc(NC(=O)OC(C)(C)C)c1=O. The van der Waals surface area contributed by atoms with Gasteiger partial charge in [-0.25, -0.2) is 9.59 Å². The third-order valence-corrected chi connectivity index (χ3v) is 2.62. The van der Waals surface area contributed by atoms with Crippen LogP contribution in [0.25, 0.3) is 0 Å². The van der Waals surface area contributed by atoms with Gasteiger partial charge in [0.1, 0.15) is 17.3 Å². The number of hydrogen-bond acceptors (Lipinski definition) is 4. The molecule has 1 amide bonds. The molecule has 1 aromatic heterocycles. The minimum Gasteiger partial charge on any atom is -0.480 e. The molecule has 120 valence electrons. The van der Waals surface area contributed by atoms with Crippen molar-refractivity contribution >= 4 is 17.7 Å². The van der Waals surface area contributed by atoms with E-state index in [4.69, 9.17) is 4.74 Å². The molecule has 0 fully saturated rings. The Morgan fingerprint density at radius 3 is 2.64 bits per heavy atom. The van der Waals surface area contributed by atoms with Crippen molar-refractivity contribution in [2.45, 2.75) is 38.8 Å². The van der Waals surface area contributed by atoms with E-state index in [0.717, 1.165) is 4.57 Å². The lowest BCUT2D eigenvalue weighted by atomic mass is 10.2. The molecule has 0 saturated carbocycles. The number of carboxylic acids is 1. The first-order chi connectivity index (χ1) is 10.2. The Labute approximate surface area is 128 Å². The molecule has 1 atom stereocenters. The number of carbonyl (C=O) groups excluding carboxylic acids is 1. The highest BCUT2D eigenvalue weighted by Crippen LogP contribution is 2.13. The van der Waals surface area contributed by atoms with E-state index in [1.165, 1.54) is 24.4 Å². The first kappa shape index (κ1) is 17.5. The smallest absolute Gasteiger partial charge is 0.412 e. The van der Waals surface area contributed by atoms with Gasteiger partial charge < -0.3 is 9.84 Å². The lowest BCUT2D eigenvalue weighted by Gasteiger charge is -2.20. The monoisotopic (exact) mass is 308 g/mol. The summed E-state index contributed by atoms with van der Waals surface area (Å²) in [6, 6.07) is 1.79. The molecule has 1 rings (SSSR count). The first-order valence-corrected chi connectivity index (χ1v) is 6.70. The van der Waals surface area contributed by atoms with Crippen LogP contribution in [0.1, 0.15) is 33.2 Å². The Morgan fingerprint density at radius 2 is 2.14 bits per heavy atom. The Kier molecular flexibility index (Phi) is 5.50. The van der Waals surface area contributed by atoms with Crippen molar-refractivity contribution in [3.8, 4) is 0 Å². The molecule has 0 radical (unpaired) electrons. The number of allylic oxidation sites excluding steroid dienone is 1. The number of rotatable bonds is 5. The Hall–Kier alpha value is -2.57. The summed E-state index contributed by atoms with van der Waals surface area (Å²) in [5, 5.41) is 11.5. The van der Waals surface area contributed by atoms with Crippen molar-refractivity contribution in [1.29, 1.82) is 0 Å². The van der Waals surface area contributed by atoms with Crippen LogP contribution in [-0.4, -0.2) is 27.3 Å². The number of nitrogens with one attached hydrogen (secondary N) is 1. The molecule has 0 spiro atoms. The molecule has 7 heteroatoms. The van der Waals surface area contributed by atoms with Gasteiger partial charge in [0.05, 0.1) is 0 Å². The van der Waals surface area contributed by atoms with E-state index in [1.54, 1.807) is 20.8 Å². The zero-order chi connectivity index (χ0) is 16.9. The normalized spacial score (nSPS) is 12.3. The van der Waals surface area contributed by atoms with Crippen LogP contribution in [0.2, 0.25) is 0 Å². The van der Waals surface area contributed by atoms with E-state index in [0.29, 0.717) is 0 Å². The second kappa shape index (κ2) is 6.93. The molecular formula is C15H20N2O5. The number of aromatic nitrogens is 1. The zero-order valence-electron chi connectivity index (χ0n) is 12.8. The number of ether oxygens (including phenoxy) is 1. The van der Waals surface area contributed by atoms with Crippen LogP contribution in [0, 0.1) is 0 Å². The van der Waals surface area contributed by atoms with Crippen LogP contribution in [-0.2, 0) is 9.53 Å². The predicted molar refractivity (Wildman–Crippen MR) is 82.0 cm³/mol. The van der Waals surface area contributed by atoms with Gasteiger partial charge in [-0.1, -0.05) is 6.08 Å². The number of hydrogen-bond donors (Lipinski definition) is 2. The third-order valence-electron chi connectivity index (χ3n) is 2.62. The van der Waals surface area contributed by atoms with Crippen molar-refractivity contribution < 1.29 is 19.4 Å². The van der Waals surface area contributed by atoms with Crippen molar-refractivity contribution in [2.24, 2.45) is 0 Å². The molecule has 0 saturated heterocycles. The summed E-state index contributed by atoms with van der Waals surface area (Å²) in [4.78, 5) is 35.2. The number of amides is 1. The summed E-state index contributed by atoms with van der Waals surface area (Å²) in [5.74, 6) is -1.16. The topological polar surface area (TPSA) is 97.6 Å². The lowest BCUT2D eigenvalue weighted by Crippen LogP contribution is -2.33. The van der Waals surface area contributed by atoms with Gasteiger partial charge >= 0.3 is 12.1 Å². The average Bonchev–Trinajstić information content (AvgIpc) is 2.36. The number of pyridine rings is 1. The highest BCUT2D eigenvalue weighted by molar-refractivity contribution is 5.84. The van der Waals surface area contributed by atoms with E-state index in [2.05, 4.69) is 11.9 Å². The second-order valence-electron chi connectivity index (χ2n) is 5.64. The fraction of sp³-hybridized carbons (Fsp3) is 0.400. The zero-order valence-corrected chi connectivity index (χ0v) is 12.8. The fourth-order valence-corrected chi connectivity index (χ4v) is 1.76. The molecule has 0 unspecified atom stereocenters. The molecule has 7 nitrogen and oxygen atoms in total. The standard InChI is InChI=1S/C15H20N2O5/c1-5-7-11(13(19)20)17-9-6-8-10(12(17)18)16-14(21)22-15(2,3)4/h5-6,8-9,11H,1,7H2,2-4H3,(H,16,21)(H,19,20)/t11-/m0/s1. The summed E-state index contributed by atoms with van der Waals surface area (Å²) in [7, 11) is 0. The fourth-order valence-electron chi connectivity index (χ4n) is 1.76. The first-order valence-electron chi connectivity index (χ1n) is 6.70. The van der Waals surface area contributed by atoms with Crippen molar-refractivity contribution in [3.63, 3.8) is 0 Å². The molecule has 22 heavy (non-hydrogen) atoms. The van der Waals surface area contributed by atoms with Gasteiger partial charge in [-0.05, 0) is 39.3 Å². The molecule has 2 N–H and O–H groups in total. The quantitative estimate of drug-likeness (QED) is 0.814. The summed E-state index contributed by atoms with van der Waals surface area (Å²) in [6.45, 7) is 8.57. The highest BCUT2D eigenvalue weighted by Gasteiger charge is 2.21. The number of anilines is 1. The predicted octanol–water partition coefficient (Wildman–Crippen LogP) is 2.40. The maximum absolute atomic E-state index is 12.3. The Bertz CT molecular complexity index is 628. The highest BCUT2D eigenvalue weighted by atomic mass is 16.6. The molecule has 1 heterocycles. The van der Waals surface area contributed by atoms with Crippen molar-refractivity contribution in [2.75, 3.05) is 5.32 Å². The maximum Gasteiger partial charge on any atom is 0.412 e. The van der Waals surface area contributed by atoms with Gasteiger partial charge in [0.25, 0.3) is 5.56 Å². The van der Waals surface area contributed by atoms with Gasteiger partial charge in [-0.15, -0.1) is 6.58 Å². The van der Waals surface area contributed by atoms with Gasteiger partial charge in [-0.2, -0.15) is 0 Å². The van der Waals surface area contributed by atoms with Gasteiger partial charge in [0.2, 0.25) is 0 Å². The Balaban J connectivity index is 3.08. The van der Waals surface area contributed by atoms with E-state index >= 15 is 0 Å². The maximum atomic E-state index is 12.3. The van der Waals surface area contributed by atoms with E-state index in [9.17, 15) is 19.5 Å². The average molecular weight is 308 g/mol.